The minimum atomic E-state index is 0.0394. The fraction of sp³-hybridized carbons (Fsp3) is 0.236. The summed E-state index contributed by atoms with van der Waals surface area (Å²) in [5, 5.41) is 9.33. The van der Waals surface area contributed by atoms with E-state index in [-0.39, 0.29) is 5.91 Å². The van der Waals surface area contributed by atoms with Gasteiger partial charge in [0.15, 0.2) is 0 Å². The predicted molar refractivity (Wildman–Crippen MR) is 337 cm³/mol. The molecule has 0 saturated carbocycles. The van der Waals surface area contributed by atoms with E-state index in [1.54, 1.807) is 11.1 Å². The molecule has 0 radical (unpaired) electrons. The van der Waals surface area contributed by atoms with Crippen molar-refractivity contribution in [2.24, 2.45) is 5.92 Å². The van der Waals surface area contributed by atoms with Gasteiger partial charge in [0.2, 0.25) is 5.91 Å². The van der Waals surface area contributed by atoms with Crippen molar-refractivity contribution >= 4 is 60.4 Å². The van der Waals surface area contributed by atoms with Gasteiger partial charge in [-0.2, -0.15) is 0 Å². The zero-order valence-corrected chi connectivity index (χ0v) is 47.9. The van der Waals surface area contributed by atoms with Gasteiger partial charge in [-0.1, -0.05) is 217 Å². The Hall–Kier alpha value is -8.55. The first-order valence-electron chi connectivity index (χ1n) is 28.1. The van der Waals surface area contributed by atoms with Crippen LogP contribution in [0, 0.1) is 19.8 Å². The number of benzene rings is 9. The minimum absolute atomic E-state index is 0.0394. The molecule has 12 aromatic rings. The third kappa shape index (κ3) is 17.0. The van der Waals surface area contributed by atoms with Crippen molar-refractivity contribution in [3.63, 3.8) is 0 Å². The minimum Gasteiger partial charge on any atom is -0.361 e. The monoisotopic (exact) mass is 1040 g/mol. The first-order chi connectivity index (χ1) is 38.4. The van der Waals surface area contributed by atoms with Gasteiger partial charge in [-0.05, 0) is 144 Å². The van der Waals surface area contributed by atoms with Crippen LogP contribution in [0.5, 0.6) is 0 Å². The standard InChI is InChI=1S/C15H14N2.C13H14.C12H12.C10H11N.C10H12.C8H8N2.C4H9NO/c1-12-16-14-9-5-6-10-15(14)17(12)11-13-7-3-2-4-8-13;1-10(2)12-8-7-11-5-3-4-6-13(11)9-12;1-2-10-7-5-8-11-6-3-4-9-12(10)11;1-2-8-7-11-10-6-4-3-5-9(8)10;1-8-6-9-4-2-3-5-10(9)7-8;1-6-9-7-4-2-3-5-8(7)10-6;1-3-5-4(2)6/h2-10H,11H2,1H3;3-10H,1-2H3;3-9H,2H2,1H3;3-7,11H,2H2,1H3;2-5,8H,6-7H2,1H3;2-5H,1H3,(H,9,10);3H2,1-2H3,(H,5,6). The van der Waals surface area contributed by atoms with Crippen LogP contribution in [0.1, 0.15) is 99.4 Å². The zero-order chi connectivity index (χ0) is 55.9. The Morgan fingerprint density at radius 2 is 1.15 bits per heavy atom. The van der Waals surface area contributed by atoms with E-state index >= 15 is 0 Å². The van der Waals surface area contributed by atoms with Gasteiger partial charge in [0.05, 0.1) is 22.1 Å². The molecule has 1 amide bonds. The van der Waals surface area contributed by atoms with Crippen molar-refractivity contribution in [1.82, 2.24) is 29.8 Å². The highest BCUT2D eigenvalue weighted by Crippen LogP contribution is 2.26. The fourth-order valence-electron chi connectivity index (χ4n) is 9.86. The van der Waals surface area contributed by atoms with E-state index in [2.05, 4.69) is 253 Å². The molecule has 0 unspecified atom stereocenters. The summed E-state index contributed by atoms with van der Waals surface area (Å²) in [6.07, 6.45) is 6.88. The number of hydrogen-bond acceptors (Lipinski definition) is 3. The molecule has 3 aromatic heterocycles. The number of aromatic nitrogens is 5. The summed E-state index contributed by atoms with van der Waals surface area (Å²) in [6.45, 7) is 20.2. The predicted octanol–water partition coefficient (Wildman–Crippen LogP) is 17.9. The Morgan fingerprint density at radius 1 is 0.582 bits per heavy atom. The van der Waals surface area contributed by atoms with E-state index in [0.29, 0.717) is 5.92 Å². The smallest absolute Gasteiger partial charge is 0.216 e. The maximum Gasteiger partial charge on any atom is 0.216 e. The number of amides is 1. The van der Waals surface area contributed by atoms with Gasteiger partial charge in [0, 0.05) is 37.1 Å². The Kier molecular flexibility index (Phi) is 22.0. The molecule has 0 bridgehead atoms. The number of aromatic amines is 2. The van der Waals surface area contributed by atoms with Gasteiger partial charge in [-0.25, -0.2) is 9.97 Å². The summed E-state index contributed by atoms with van der Waals surface area (Å²) in [7, 11) is 0. The Balaban J connectivity index is 0.000000136. The highest BCUT2D eigenvalue weighted by molar-refractivity contribution is 5.86. The molecule has 3 N–H and O–H groups in total. The first kappa shape index (κ1) is 58.1. The number of hydrogen-bond donors (Lipinski definition) is 3. The van der Waals surface area contributed by atoms with Crippen molar-refractivity contribution in [3.8, 4) is 0 Å². The molecule has 0 fully saturated rings. The SMILES string of the molecule is CC(C)c1ccc2ccccc2c1.CC1Cc2ccccc2C1.CCNC(C)=O.CCc1c[nH]c2ccccc12.CCc1cccc2ccccc12.Cc1nc2ccccc2[nH]1.Cc1nc2ccccc2n1Cc1ccccc1. The van der Waals surface area contributed by atoms with Gasteiger partial charge < -0.3 is 19.9 Å². The number of fused-ring (bicyclic) bond motifs is 6. The number of para-hydroxylation sites is 5. The summed E-state index contributed by atoms with van der Waals surface area (Å²) in [6, 6.07) is 74.1. The van der Waals surface area contributed by atoms with Crippen molar-refractivity contribution in [2.45, 2.75) is 100 Å². The topological polar surface area (TPSA) is 91.4 Å². The van der Waals surface area contributed by atoms with E-state index < -0.39 is 0 Å². The van der Waals surface area contributed by atoms with Gasteiger partial charge in [0.25, 0.3) is 0 Å². The maximum atomic E-state index is 9.93. The molecule has 3 heterocycles. The lowest BCUT2D eigenvalue weighted by Gasteiger charge is -2.06. The van der Waals surface area contributed by atoms with E-state index in [1.165, 1.54) is 80.0 Å². The van der Waals surface area contributed by atoms with Gasteiger partial charge >= 0.3 is 0 Å². The largest absolute Gasteiger partial charge is 0.361 e. The van der Waals surface area contributed by atoms with Crippen molar-refractivity contribution in [3.05, 3.63) is 264 Å². The van der Waals surface area contributed by atoms with Crippen molar-refractivity contribution < 1.29 is 4.79 Å². The zero-order valence-electron chi connectivity index (χ0n) is 47.9. The summed E-state index contributed by atoms with van der Waals surface area (Å²) in [5.41, 5.74) is 14.4. The van der Waals surface area contributed by atoms with Crippen LogP contribution < -0.4 is 5.32 Å². The number of H-pyrrole nitrogens is 2. The third-order valence-electron chi connectivity index (χ3n) is 14.0. The second-order valence-corrected chi connectivity index (χ2v) is 20.4. The van der Waals surface area contributed by atoms with E-state index in [9.17, 15) is 4.79 Å². The summed E-state index contributed by atoms with van der Waals surface area (Å²) >= 11 is 0. The Morgan fingerprint density at radius 3 is 1.80 bits per heavy atom. The first-order valence-corrected chi connectivity index (χ1v) is 28.1. The highest BCUT2D eigenvalue weighted by Gasteiger charge is 2.15. The third-order valence-corrected chi connectivity index (χ3v) is 14.0. The van der Waals surface area contributed by atoms with Gasteiger partial charge in [0.1, 0.15) is 11.6 Å². The molecule has 7 heteroatoms. The van der Waals surface area contributed by atoms with Crippen LogP contribution in [0.2, 0.25) is 0 Å². The van der Waals surface area contributed by atoms with Crippen LogP contribution in [-0.2, 0) is 37.0 Å². The number of carbonyl (C=O) groups is 1. The molecule has 1 aliphatic rings. The Bertz CT molecular complexity index is 3710. The molecule has 13 rings (SSSR count). The lowest BCUT2D eigenvalue weighted by molar-refractivity contribution is -0.118. The summed E-state index contributed by atoms with van der Waals surface area (Å²) in [5.74, 6) is 3.57. The molecular weight excluding hydrogens is 965 g/mol. The second-order valence-electron chi connectivity index (χ2n) is 20.4. The molecule has 0 saturated heterocycles. The number of nitrogens with zero attached hydrogens (tertiary/aromatic N) is 3. The molecule has 0 spiro atoms. The number of carbonyl (C=O) groups excluding carboxylic acids is 1. The summed E-state index contributed by atoms with van der Waals surface area (Å²) in [4.78, 5) is 25.1. The van der Waals surface area contributed by atoms with Crippen LogP contribution >= 0.6 is 0 Å². The molecule has 1 aliphatic carbocycles. The lowest BCUT2D eigenvalue weighted by atomic mass is 9.99. The molecule has 79 heavy (non-hydrogen) atoms. The fourth-order valence-corrected chi connectivity index (χ4v) is 9.86. The highest BCUT2D eigenvalue weighted by atomic mass is 16.1. The quantitative estimate of drug-likeness (QED) is 0.155. The maximum absolute atomic E-state index is 9.93. The van der Waals surface area contributed by atoms with Crippen LogP contribution in [0.15, 0.2) is 219 Å². The van der Waals surface area contributed by atoms with Gasteiger partial charge in [-0.15, -0.1) is 0 Å². The molecule has 9 aromatic carbocycles. The normalized spacial score (nSPS) is 11.3. The average molecular weight is 1050 g/mol. The van der Waals surface area contributed by atoms with Crippen molar-refractivity contribution in [1.29, 1.82) is 0 Å². The molecular formula is C72H80N6O. The molecule has 0 aliphatic heterocycles. The van der Waals surface area contributed by atoms with Crippen LogP contribution in [0.25, 0.3) is 54.5 Å². The van der Waals surface area contributed by atoms with Crippen molar-refractivity contribution in [2.75, 3.05) is 6.54 Å². The van der Waals surface area contributed by atoms with Crippen LogP contribution in [0.4, 0.5) is 0 Å². The van der Waals surface area contributed by atoms with Crippen LogP contribution in [0.3, 0.4) is 0 Å². The molecule has 0 atom stereocenters. The van der Waals surface area contributed by atoms with Crippen LogP contribution in [-0.4, -0.2) is 37.0 Å². The Labute approximate surface area is 469 Å². The number of imidazole rings is 2. The molecule has 404 valence electrons. The summed E-state index contributed by atoms with van der Waals surface area (Å²) < 4.78 is 2.25. The van der Waals surface area contributed by atoms with E-state index in [0.717, 1.165) is 60.0 Å². The number of nitrogens with one attached hydrogen (secondary N) is 3. The molecule has 7 nitrogen and oxygen atoms in total. The second kappa shape index (κ2) is 29.8. The van der Waals surface area contributed by atoms with E-state index in [4.69, 9.17) is 0 Å². The number of rotatable bonds is 6. The lowest BCUT2D eigenvalue weighted by Crippen LogP contribution is -2.18. The average Bonchev–Trinajstić information content (AvgIpc) is 4.30. The van der Waals surface area contributed by atoms with Gasteiger partial charge in [-0.3, -0.25) is 4.79 Å². The number of aryl methyl sites for hydroxylation is 4. The van der Waals surface area contributed by atoms with E-state index in [1.807, 2.05) is 50.2 Å².